The van der Waals surface area contributed by atoms with Crippen molar-refractivity contribution in [2.24, 2.45) is 7.05 Å². The van der Waals surface area contributed by atoms with Crippen LogP contribution in [0.2, 0.25) is 0 Å². The highest BCUT2D eigenvalue weighted by Gasteiger charge is 2.33. The third kappa shape index (κ3) is 3.23. The Kier molecular flexibility index (Phi) is 4.48. The number of carbonyl (C=O) groups is 2. The molecule has 0 bridgehead atoms. The summed E-state index contributed by atoms with van der Waals surface area (Å²) in [4.78, 5) is 36.3. The number of H-pyrrole nitrogens is 1. The summed E-state index contributed by atoms with van der Waals surface area (Å²) in [6, 6.07) is 0. The number of imidazole rings is 1. The molecule has 0 aliphatic carbocycles. The first-order chi connectivity index (χ1) is 12.6. The highest BCUT2D eigenvalue weighted by atomic mass is 16.2. The van der Waals surface area contributed by atoms with E-state index in [1.807, 2.05) is 24.3 Å². The maximum Gasteiger partial charge on any atom is 0.242 e. The number of rotatable bonds is 3. The molecule has 2 aliphatic heterocycles. The number of nitrogens with zero attached hydrogens (tertiary/aromatic N) is 5. The van der Waals surface area contributed by atoms with Crippen molar-refractivity contribution >= 4 is 11.8 Å². The van der Waals surface area contributed by atoms with Crippen LogP contribution in [0.4, 0.5) is 0 Å². The lowest BCUT2D eigenvalue weighted by molar-refractivity contribution is -0.140. The number of likely N-dealkylation sites (tertiary alicyclic amines) is 1. The van der Waals surface area contributed by atoms with Gasteiger partial charge in [-0.2, -0.15) is 5.10 Å². The molecule has 4 heterocycles. The molecule has 0 radical (unpaired) electrons. The van der Waals surface area contributed by atoms with E-state index in [-0.39, 0.29) is 24.3 Å². The monoisotopic (exact) mass is 356 g/mol. The van der Waals surface area contributed by atoms with Crippen molar-refractivity contribution in [1.29, 1.82) is 0 Å². The van der Waals surface area contributed by atoms with Gasteiger partial charge in [-0.25, -0.2) is 4.98 Å². The number of aromatic amines is 1. The zero-order chi connectivity index (χ0) is 18.1. The second-order valence-corrected chi connectivity index (χ2v) is 7.17. The molecule has 1 fully saturated rings. The minimum atomic E-state index is -0.00519. The molecule has 2 aliphatic rings. The van der Waals surface area contributed by atoms with Crippen molar-refractivity contribution in [3.8, 4) is 0 Å². The second kappa shape index (κ2) is 6.93. The molecule has 1 atom stereocenters. The minimum absolute atomic E-state index is 0.00230. The maximum atomic E-state index is 12.9. The SMILES string of the molecule is Cn1cc(C2CN(C(=O)CN3CCCCCC3=O)Cc3[nH]cnc32)cn1. The van der Waals surface area contributed by atoms with E-state index in [4.69, 9.17) is 0 Å². The highest BCUT2D eigenvalue weighted by molar-refractivity contribution is 5.85. The highest BCUT2D eigenvalue weighted by Crippen LogP contribution is 2.31. The molecule has 1 saturated heterocycles. The summed E-state index contributed by atoms with van der Waals surface area (Å²) in [5.74, 6) is 0.0933. The van der Waals surface area contributed by atoms with Crippen LogP contribution in [-0.2, 0) is 23.2 Å². The van der Waals surface area contributed by atoms with Crippen LogP contribution in [0.25, 0.3) is 0 Å². The lowest BCUT2D eigenvalue weighted by Crippen LogP contribution is -2.45. The van der Waals surface area contributed by atoms with Crippen LogP contribution in [0.3, 0.4) is 0 Å². The van der Waals surface area contributed by atoms with Crippen LogP contribution in [0.1, 0.15) is 48.6 Å². The fourth-order valence-corrected chi connectivity index (χ4v) is 3.86. The molecule has 0 aromatic carbocycles. The molecule has 8 nitrogen and oxygen atoms in total. The molecule has 2 aromatic rings. The van der Waals surface area contributed by atoms with Gasteiger partial charge < -0.3 is 14.8 Å². The quantitative estimate of drug-likeness (QED) is 0.889. The zero-order valence-corrected chi connectivity index (χ0v) is 15.0. The topological polar surface area (TPSA) is 87.1 Å². The third-order valence-electron chi connectivity index (χ3n) is 5.31. The molecule has 8 heteroatoms. The van der Waals surface area contributed by atoms with Gasteiger partial charge in [0, 0.05) is 44.2 Å². The smallest absolute Gasteiger partial charge is 0.242 e. The lowest BCUT2D eigenvalue weighted by Gasteiger charge is -2.33. The van der Waals surface area contributed by atoms with E-state index >= 15 is 0 Å². The van der Waals surface area contributed by atoms with Crippen molar-refractivity contribution in [2.75, 3.05) is 19.6 Å². The van der Waals surface area contributed by atoms with Gasteiger partial charge in [0.1, 0.15) is 0 Å². The number of hydrogen-bond donors (Lipinski definition) is 1. The van der Waals surface area contributed by atoms with E-state index in [0.29, 0.717) is 26.1 Å². The van der Waals surface area contributed by atoms with Crippen LogP contribution in [0.15, 0.2) is 18.7 Å². The molecule has 1 unspecified atom stereocenters. The summed E-state index contributed by atoms with van der Waals surface area (Å²) in [6.07, 6.45) is 8.98. The predicted molar refractivity (Wildman–Crippen MR) is 94.1 cm³/mol. The zero-order valence-electron chi connectivity index (χ0n) is 15.0. The van der Waals surface area contributed by atoms with E-state index in [0.717, 1.165) is 36.2 Å². The Hall–Kier alpha value is -2.64. The van der Waals surface area contributed by atoms with Gasteiger partial charge in [-0.05, 0) is 12.8 Å². The Morgan fingerprint density at radius 3 is 3.04 bits per heavy atom. The Morgan fingerprint density at radius 1 is 1.35 bits per heavy atom. The van der Waals surface area contributed by atoms with Crippen molar-refractivity contribution < 1.29 is 9.59 Å². The first kappa shape index (κ1) is 16.8. The summed E-state index contributed by atoms with van der Waals surface area (Å²) in [5.41, 5.74) is 2.98. The average molecular weight is 356 g/mol. The van der Waals surface area contributed by atoms with Crippen LogP contribution < -0.4 is 0 Å². The van der Waals surface area contributed by atoms with E-state index in [9.17, 15) is 9.59 Å². The van der Waals surface area contributed by atoms with Crippen LogP contribution >= 0.6 is 0 Å². The number of aromatic nitrogens is 4. The van der Waals surface area contributed by atoms with E-state index < -0.39 is 0 Å². The minimum Gasteiger partial charge on any atom is -0.347 e. The van der Waals surface area contributed by atoms with Gasteiger partial charge in [-0.3, -0.25) is 14.3 Å². The molecular formula is C18H24N6O2. The van der Waals surface area contributed by atoms with Crippen molar-refractivity contribution in [3.05, 3.63) is 35.7 Å². The molecule has 0 saturated carbocycles. The van der Waals surface area contributed by atoms with Gasteiger partial charge in [0.05, 0.1) is 37.0 Å². The van der Waals surface area contributed by atoms with E-state index in [2.05, 4.69) is 15.1 Å². The molecule has 26 heavy (non-hydrogen) atoms. The molecule has 0 spiro atoms. The normalized spacial score (nSPS) is 20.8. The van der Waals surface area contributed by atoms with Crippen molar-refractivity contribution in [2.45, 2.75) is 38.1 Å². The average Bonchev–Trinajstić information content (AvgIpc) is 3.23. The molecular weight excluding hydrogens is 332 g/mol. The number of fused-ring (bicyclic) bond motifs is 1. The summed E-state index contributed by atoms with van der Waals surface area (Å²) in [6.45, 7) is 1.92. The number of aryl methyl sites for hydroxylation is 1. The lowest BCUT2D eigenvalue weighted by atomic mass is 9.93. The van der Waals surface area contributed by atoms with Gasteiger partial charge in [-0.15, -0.1) is 0 Å². The molecule has 1 N–H and O–H groups in total. The molecule has 2 amide bonds. The largest absolute Gasteiger partial charge is 0.347 e. The van der Waals surface area contributed by atoms with Gasteiger partial charge in [-0.1, -0.05) is 6.42 Å². The van der Waals surface area contributed by atoms with Crippen molar-refractivity contribution in [3.63, 3.8) is 0 Å². The fourth-order valence-electron chi connectivity index (χ4n) is 3.86. The first-order valence-corrected chi connectivity index (χ1v) is 9.18. The Labute approximate surface area is 152 Å². The third-order valence-corrected chi connectivity index (χ3v) is 5.31. The van der Waals surface area contributed by atoms with E-state index in [1.165, 1.54) is 0 Å². The maximum absolute atomic E-state index is 12.9. The van der Waals surface area contributed by atoms with Gasteiger partial charge in [0.2, 0.25) is 11.8 Å². The van der Waals surface area contributed by atoms with Crippen LogP contribution in [0, 0.1) is 0 Å². The number of amides is 2. The van der Waals surface area contributed by atoms with Gasteiger partial charge in [0.25, 0.3) is 0 Å². The summed E-state index contributed by atoms with van der Waals surface area (Å²) < 4.78 is 1.76. The van der Waals surface area contributed by atoms with Crippen LogP contribution in [0.5, 0.6) is 0 Å². The van der Waals surface area contributed by atoms with Crippen LogP contribution in [-0.4, -0.2) is 61.0 Å². The summed E-state index contributed by atoms with van der Waals surface area (Å²) in [7, 11) is 1.88. The first-order valence-electron chi connectivity index (χ1n) is 9.18. The Balaban J connectivity index is 1.52. The fraction of sp³-hybridized carbons (Fsp3) is 0.556. The summed E-state index contributed by atoms with van der Waals surface area (Å²) in [5, 5.41) is 4.26. The standard InChI is InChI=1S/C18H24N6O2/c1-22-8-13(7-21-22)14-9-24(10-15-18(14)20-12-19-15)17(26)11-23-6-4-2-3-5-16(23)25/h7-8,12,14H,2-6,9-11H2,1H3,(H,19,20). The van der Waals surface area contributed by atoms with Crippen molar-refractivity contribution in [1.82, 2.24) is 29.5 Å². The number of nitrogens with one attached hydrogen (secondary N) is 1. The Morgan fingerprint density at radius 2 is 2.23 bits per heavy atom. The predicted octanol–water partition coefficient (Wildman–Crippen LogP) is 1.02. The van der Waals surface area contributed by atoms with Gasteiger partial charge in [0.15, 0.2) is 0 Å². The number of hydrogen-bond acceptors (Lipinski definition) is 4. The molecule has 2 aromatic heterocycles. The number of carbonyl (C=O) groups excluding carboxylic acids is 2. The molecule has 4 rings (SSSR count). The second-order valence-electron chi connectivity index (χ2n) is 7.17. The Bertz CT molecular complexity index is 810. The molecule has 138 valence electrons. The van der Waals surface area contributed by atoms with E-state index in [1.54, 1.807) is 15.9 Å². The van der Waals surface area contributed by atoms with Gasteiger partial charge >= 0.3 is 0 Å². The summed E-state index contributed by atoms with van der Waals surface area (Å²) >= 11 is 0.